The topological polar surface area (TPSA) is 49.8 Å². The second-order valence-corrected chi connectivity index (χ2v) is 4.63. The highest BCUT2D eigenvalue weighted by Crippen LogP contribution is 2.17. The first kappa shape index (κ1) is 15.7. The fraction of sp³-hybridized carbons (Fsp3) is 0.267. The van der Waals surface area contributed by atoms with E-state index in [0.29, 0.717) is 12.5 Å². The zero-order chi connectivity index (χ0) is 14.1. The molecule has 0 aromatic heterocycles. The Morgan fingerprint density at radius 2 is 2.11 bits per heavy atom. The summed E-state index contributed by atoms with van der Waals surface area (Å²) in [5, 5.41) is 8.37. The van der Waals surface area contributed by atoms with E-state index < -0.39 is 5.97 Å². The molecule has 1 saturated heterocycles. The van der Waals surface area contributed by atoms with Crippen LogP contribution in [-0.2, 0) is 9.53 Å². The van der Waals surface area contributed by atoms with Gasteiger partial charge in [-0.2, -0.15) is 0 Å². The van der Waals surface area contributed by atoms with E-state index in [2.05, 4.69) is 34.6 Å². The van der Waals surface area contributed by atoms with Gasteiger partial charge in [-0.15, -0.1) is 0 Å². The van der Waals surface area contributed by atoms with Crippen molar-refractivity contribution in [2.45, 2.75) is 18.9 Å². The van der Waals surface area contributed by atoms with Crippen molar-refractivity contribution in [1.82, 2.24) is 0 Å². The molecule has 1 heterocycles. The number of ether oxygens (including phenoxy) is 1. The zero-order valence-electron chi connectivity index (χ0n) is 10.6. The first-order valence-corrected chi connectivity index (χ1v) is 6.89. The third-order valence-electron chi connectivity index (χ3n) is 2.53. The van der Waals surface area contributed by atoms with Crippen LogP contribution in [0.3, 0.4) is 0 Å². The van der Waals surface area contributed by atoms with Gasteiger partial charge in [0, 0.05) is 5.57 Å². The Labute approximate surface area is 121 Å². The predicted octanol–water partition coefficient (Wildman–Crippen LogP) is 3.86. The maximum atomic E-state index is 10.2. The standard InChI is InChI=1S/C8H7Br.C7H10O3/c9-7-6-8-4-2-1-3-5-8;1-5(7(8)9)2-3-6-4-10-6/h1-7H;6H,1-4H2,(H,8,9). The summed E-state index contributed by atoms with van der Waals surface area (Å²) in [7, 11) is 0. The molecule has 1 aromatic carbocycles. The number of epoxide rings is 1. The van der Waals surface area contributed by atoms with Gasteiger partial charge in [-0.1, -0.05) is 52.8 Å². The second kappa shape index (κ2) is 8.67. The van der Waals surface area contributed by atoms with E-state index in [-0.39, 0.29) is 5.57 Å². The highest BCUT2D eigenvalue weighted by atomic mass is 79.9. The highest BCUT2D eigenvalue weighted by molar-refractivity contribution is 9.11. The molecule has 0 bridgehead atoms. The first-order valence-electron chi connectivity index (χ1n) is 5.98. The summed E-state index contributed by atoms with van der Waals surface area (Å²) in [6.45, 7) is 4.18. The molecule has 1 N–H and O–H groups in total. The van der Waals surface area contributed by atoms with Crippen LogP contribution in [0.5, 0.6) is 0 Å². The minimum atomic E-state index is -0.902. The second-order valence-electron chi connectivity index (χ2n) is 4.11. The summed E-state index contributed by atoms with van der Waals surface area (Å²) >= 11 is 3.21. The summed E-state index contributed by atoms with van der Waals surface area (Å²) in [5.41, 5.74) is 1.49. The molecular weight excluding hydrogens is 308 g/mol. The Morgan fingerprint density at radius 3 is 2.58 bits per heavy atom. The Morgan fingerprint density at radius 1 is 1.47 bits per heavy atom. The summed E-state index contributed by atoms with van der Waals surface area (Å²) < 4.78 is 4.90. The van der Waals surface area contributed by atoms with Gasteiger partial charge in [0.25, 0.3) is 0 Å². The van der Waals surface area contributed by atoms with Crippen molar-refractivity contribution in [2.24, 2.45) is 0 Å². The largest absolute Gasteiger partial charge is 0.478 e. The number of carboxylic acids is 1. The minimum Gasteiger partial charge on any atom is -0.478 e. The quantitative estimate of drug-likeness (QED) is 0.661. The molecule has 0 saturated carbocycles. The molecule has 1 aliphatic rings. The number of carboxylic acid groups (broad SMARTS) is 1. The maximum Gasteiger partial charge on any atom is 0.330 e. The molecule has 19 heavy (non-hydrogen) atoms. The third-order valence-corrected chi connectivity index (χ3v) is 2.79. The summed E-state index contributed by atoms with van der Waals surface area (Å²) in [5.74, 6) is -0.902. The SMILES string of the molecule is BrC=Cc1ccccc1.C=C(CCC1CO1)C(=O)O. The number of aliphatic carboxylic acids is 1. The summed E-state index contributed by atoms with van der Waals surface area (Å²) in [6.07, 6.45) is 3.64. The van der Waals surface area contributed by atoms with Crippen molar-refractivity contribution in [3.63, 3.8) is 0 Å². The van der Waals surface area contributed by atoms with Crippen LogP contribution < -0.4 is 0 Å². The first-order chi connectivity index (χ1) is 9.13. The molecule has 0 spiro atoms. The molecule has 1 unspecified atom stereocenters. The van der Waals surface area contributed by atoms with Gasteiger partial charge in [-0.3, -0.25) is 0 Å². The number of rotatable bonds is 5. The average Bonchev–Trinajstić information content (AvgIpc) is 3.22. The molecule has 102 valence electrons. The lowest BCUT2D eigenvalue weighted by atomic mass is 10.1. The molecule has 1 aliphatic heterocycles. The van der Waals surface area contributed by atoms with Gasteiger partial charge >= 0.3 is 5.97 Å². The summed E-state index contributed by atoms with van der Waals surface area (Å²) in [4.78, 5) is 12.0. The molecule has 1 aromatic rings. The van der Waals surface area contributed by atoms with E-state index in [0.717, 1.165) is 13.0 Å². The van der Waals surface area contributed by atoms with E-state index in [1.807, 2.05) is 29.3 Å². The van der Waals surface area contributed by atoms with Crippen molar-refractivity contribution in [2.75, 3.05) is 6.61 Å². The smallest absolute Gasteiger partial charge is 0.330 e. The van der Waals surface area contributed by atoms with Crippen molar-refractivity contribution < 1.29 is 14.6 Å². The van der Waals surface area contributed by atoms with Gasteiger partial charge in [0.05, 0.1) is 12.7 Å². The van der Waals surface area contributed by atoms with Crippen molar-refractivity contribution in [1.29, 1.82) is 0 Å². The zero-order valence-corrected chi connectivity index (χ0v) is 12.2. The van der Waals surface area contributed by atoms with Crippen LogP contribution in [0.2, 0.25) is 0 Å². The molecule has 0 amide bonds. The van der Waals surface area contributed by atoms with Crippen molar-refractivity contribution >= 4 is 28.0 Å². The van der Waals surface area contributed by atoms with Gasteiger partial charge < -0.3 is 9.84 Å². The minimum absolute atomic E-state index is 0.274. The van der Waals surface area contributed by atoms with Gasteiger partial charge in [0.2, 0.25) is 0 Å². The number of carbonyl (C=O) groups is 1. The highest BCUT2D eigenvalue weighted by Gasteiger charge is 2.22. The van der Waals surface area contributed by atoms with E-state index in [1.54, 1.807) is 0 Å². The lowest BCUT2D eigenvalue weighted by molar-refractivity contribution is -0.132. The molecule has 4 heteroatoms. The van der Waals surface area contributed by atoms with Crippen LogP contribution in [0.4, 0.5) is 0 Å². The Balaban J connectivity index is 0.000000191. The predicted molar refractivity (Wildman–Crippen MR) is 80.2 cm³/mol. The Kier molecular flexibility index (Phi) is 7.15. The van der Waals surface area contributed by atoms with Crippen molar-refractivity contribution in [3.05, 3.63) is 53.0 Å². The van der Waals surface area contributed by atoms with Gasteiger partial charge in [-0.25, -0.2) is 4.79 Å². The third kappa shape index (κ3) is 7.59. The normalized spacial score (nSPS) is 16.6. The molecule has 3 nitrogen and oxygen atoms in total. The molecule has 1 atom stereocenters. The number of halogens is 1. The van der Waals surface area contributed by atoms with E-state index in [4.69, 9.17) is 9.84 Å². The fourth-order valence-electron chi connectivity index (χ4n) is 1.31. The lowest BCUT2D eigenvalue weighted by Crippen LogP contribution is -1.99. The van der Waals surface area contributed by atoms with Crippen LogP contribution in [-0.4, -0.2) is 23.8 Å². The van der Waals surface area contributed by atoms with Crippen molar-refractivity contribution in [3.8, 4) is 0 Å². The molecule has 1 fully saturated rings. The van der Waals surface area contributed by atoms with Gasteiger partial charge in [0.1, 0.15) is 0 Å². The number of hydrogen-bond acceptors (Lipinski definition) is 2. The number of benzene rings is 1. The fourth-order valence-corrected chi connectivity index (χ4v) is 1.62. The Bertz CT molecular complexity index is 436. The molecular formula is C15H17BrO3. The van der Waals surface area contributed by atoms with Crippen LogP contribution in [0.15, 0.2) is 47.5 Å². The number of hydrogen-bond donors (Lipinski definition) is 1. The molecule has 2 rings (SSSR count). The summed E-state index contributed by atoms with van der Waals surface area (Å²) in [6, 6.07) is 10.1. The average molecular weight is 325 g/mol. The van der Waals surface area contributed by atoms with Crippen LogP contribution >= 0.6 is 15.9 Å². The molecule has 0 radical (unpaired) electrons. The maximum absolute atomic E-state index is 10.2. The van der Waals surface area contributed by atoms with E-state index in [9.17, 15) is 4.79 Å². The Hall–Kier alpha value is -1.39. The van der Waals surface area contributed by atoms with Crippen LogP contribution in [0.1, 0.15) is 18.4 Å². The van der Waals surface area contributed by atoms with E-state index >= 15 is 0 Å². The van der Waals surface area contributed by atoms with Gasteiger partial charge in [0.15, 0.2) is 0 Å². The van der Waals surface area contributed by atoms with Crippen LogP contribution in [0, 0.1) is 0 Å². The van der Waals surface area contributed by atoms with Crippen LogP contribution in [0.25, 0.3) is 6.08 Å². The lowest BCUT2D eigenvalue weighted by Gasteiger charge is -1.95. The van der Waals surface area contributed by atoms with E-state index in [1.165, 1.54) is 5.56 Å². The molecule has 0 aliphatic carbocycles. The van der Waals surface area contributed by atoms with Gasteiger partial charge in [-0.05, 0) is 29.5 Å². The monoisotopic (exact) mass is 324 g/mol.